The Hall–Kier alpha value is -3.32. The number of hydrogen-bond donors (Lipinski definition) is 1. The van der Waals surface area contributed by atoms with Crippen molar-refractivity contribution in [2.24, 2.45) is 5.10 Å². The number of aryl methyl sites for hydroxylation is 1. The van der Waals surface area contributed by atoms with E-state index < -0.39 is 0 Å². The molecule has 6 nitrogen and oxygen atoms in total. The lowest BCUT2D eigenvalue weighted by atomic mass is 10.1. The summed E-state index contributed by atoms with van der Waals surface area (Å²) in [5.41, 5.74) is 6.89. The molecule has 4 rings (SSSR count). The van der Waals surface area contributed by atoms with Gasteiger partial charge >= 0.3 is 0 Å². The Morgan fingerprint density at radius 2 is 2.00 bits per heavy atom. The molecule has 0 radical (unpaired) electrons. The van der Waals surface area contributed by atoms with E-state index in [1.54, 1.807) is 18.4 Å². The zero-order valence-electron chi connectivity index (χ0n) is 15.9. The van der Waals surface area contributed by atoms with Crippen LogP contribution in [-0.4, -0.2) is 27.4 Å². The van der Waals surface area contributed by atoms with Gasteiger partial charge in [0.25, 0.3) is 5.91 Å². The second-order valence-electron chi connectivity index (χ2n) is 6.55. The van der Waals surface area contributed by atoms with Crippen molar-refractivity contribution in [2.45, 2.75) is 18.6 Å². The van der Waals surface area contributed by atoms with E-state index in [1.165, 1.54) is 29.1 Å². The summed E-state index contributed by atoms with van der Waals surface area (Å²) in [5.74, 6) is 0.594. The fourth-order valence-corrected chi connectivity index (χ4v) is 3.69. The highest BCUT2D eigenvalue weighted by molar-refractivity contribution is 7.99. The number of fused-ring (bicyclic) bond motifs is 1. The maximum Gasteiger partial charge on any atom is 0.250 e. The summed E-state index contributed by atoms with van der Waals surface area (Å²) in [4.78, 5) is 16.9. The molecule has 0 spiro atoms. The average Bonchev–Trinajstić information content (AvgIpc) is 3.36. The molecule has 0 unspecified atom stereocenters. The Balaban J connectivity index is 1.47. The lowest BCUT2D eigenvalue weighted by Crippen LogP contribution is -2.20. The first-order valence-corrected chi connectivity index (χ1v) is 10.2. The number of benzene rings is 2. The third-order valence-corrected chi connectivity index (χ3v) is 5.31. The fourth-order valence-electron chi connectivity index (χ4n) is 2.89. The maximum absolute atomic E-state index is 12.2. The summed E-state index contributed by atoms with van der Waals surface area (Å²) in [6.45, 7) is 2.77. The second-order valence-corrected chi connectivity index (χ2v) is 7.49. The number of hydrogen-bond acceptors (Lipinski definition) is 5. The van der Waals surface area contributed by atoms with Gasteiger partial charge < -0.3 is 8.98 Å². The normalized spacial score (nSPS) is 11.3. The first-order valence-electron chi connectivity index (χ1n) is 9.18. The number of aromatic nitrogens is 2. The molecule has 0 bridgehead atoms. The molecular formula is C22H20N4O2S. The number of para-hydroxylation sites is 2. The number of carbonyl (C=O) groups excluding carboxylic acids is 1. The van der Waals surface area contributed by atoms with Crippen molar-refractivity contribution in [2.75, 3.05) is 5.75 Å². The highest BCUT2D eigenvalue weighted by Crippen LogP contribution is 2.25. The van der Waals surface area contributed by atoms with Crippen LogP contribution in [0.3, 0.4) is 0 Å². The van der Waals surface area contributed by atoms with Gasteiger partial charge in [-0.2, -0.15) is 5.10 Å². The van der Waals surface area contributed by atoms with Crippen LogP contribution in [0.15, 0.2) is 81.6 Å². The van der Waals surface area contributed by atoms with Crippen LogP contribution < -0.4 is 5.43 Å². The van der Waals surface area contributed by atoms with Gasteiger partial charge in [0, 0.05) is 0 Å². The smallest absolute Gasteiger partial charge is 0.250 e. The summed E-state index contributed by atoms with van der Waals surface area (Å²) >= 11 is 1.39. The Labute approximate surface area is 172 Å². The van der Waals surface area contributed by atoms with Gasteiger partial charge in [-0.05, 0) is 36.8 Å². The highest BCUT2D eigenvalue weighted by Gasteiger charge is 2.13. The van der Waals surface area contributed by atoms with Crippen molar-refractivity contribution < 1.29 is 9.21 Å². The molecule has 2 heterocycles. The van der Waals surface area contributed by atoms with E-state index in [4.69, 9.17) is 9.40 Å². The van der Waals surface area contributed by atoms with E-state index in [1.807, 2.05) is 24.3 Å². The molecule has 29 heavy (non-hydrogen) atoms. The number of nitrogens with one attached hydrogen (secondary N) is 1. The number of nitrogens with zero attached hydrogens (tertiary/aromatic N) is 3. The van der Waals surface area contributed by atoms with Crippen LogP contribution in [0.1, 0.15) is 16.9 Å². The van der Waals surface area contributed by atoms with Gasteiger partial charge in [-0.25, -0.2) is 10.4 Å². The average molecular weight is 404 g/mol. The van der Waals surface area contributed by atoms with Crippen molar-refractivity contribution in [1.82, 2.24) is 15.0 Å². The van der Waals surface area contributed by atoms with Crippen LogP contribution in [0, 0.1) is 6.92 Å². The molecule has 0 saturated carbocycles. The first kappa shape index (κ1) is 19.0. The van der Waals surface area contributed by atoms with Crippen LogP contribution in [0.2, 0.25) is 0 Å². The molecule has 4 aromatic rings. The zero-order chi connectivity index (χ0) is 20.1. The molecule has 0 aliphatic rings. The summed E-state index contributed by atoms with van der Waals surface area (Å²) in [6, 6.07) is 20.0. The van der Waals surface area contributed by atoms with Crippen LogP contribution in [-0.2, 0) is 11.3 Å². The molecule has 2 aromatic carbocycles. The van der Waals surface area contributed by atoms with Gasteiger partial charge in [0.2, 0.25) is 0 Å². The standard InChI is InChI=1S/C22H20N4O2S/c1-16-8-10-17(11-9-16)14-26-20-7-3-2-6-19(20)24-22(26)29-15-21(27)25-23-13-18-5-4-12-28-18/h2-13H,14-15H2,1H3,(H,25,27). The Morgan fingerprint density at radius 1 is 1.17 bits per heavy atom. The Morgan fingerprint density at radius 3 is 2.79 bits per heavy atom. The first-order chi connectivity index (χ1) is 14.2. The number of hydrazone groups is 1. The monoisotopic (exact) mass is 404 g/mol. The SMILES string of the molecule is Cc1ccc(Cn2c(SCC(=O)NN=Cc3ccco3)nc3ccccc32)cc1. The number of imidazole rings is 1. The Bertz CT molecular complexity index is 1130. The minimum Gasteiger partial charge on any atom is -0.463 e. The van der Waals surface area contributed by atoms with Crippen molar-refractivity contribution in [1.29, 1.82) is 0 Å². The van der Waals surface area contributed by atoms with Gasteiger partial charge in [0.15, 0.2) is 5.16 Å². The highest BCUT2D eigenvalue weighted by atomic mass is 32.2. The maximum atomic E-state index is 12.2. The van der Waals surface area contributed by atoms with Crippen molar-refractivity contribution in [3.8, 4) is 0 Å². The van der Waals surface area contributed by atoms with Crippen LogP contribution in [0.5, 0.6) is 0 Å². The third-order valence-electron chi connectivity index (χ3n) is 4.34. The zero-order valence-corrected chi connectivity index (χ0v) is 16.7. The van der Waals surface area contributed by atoms with Gasteiger partial charge in [-0.1, -0.05) is 53.7 Å². The number of amides is 1. The van der Waals surface area contributed by atoms with E-state index in [-0.39, 0.29) is 11.7 Å². The molecule has 2 aromatic heterocycles. The summed E-state index contributed by atoms with van der Waals surface area (Å²) in [5, 5.41) is 4.71. The molecule has 1 N–H and O–H groups in total. The molecule has 0 fully saturated rings. The minimum atomic E-state index is -0.202. The van der Waals surface area contributed by atoms with E-state index in [0.717, 1.165) is 16.2 Å². The summed E-state index contributed by atoms with van der Waals surface area (Å²) < 4.78 is 7.28. The topological polar surface area (TPSA) is 72.4 Å². The van der Waals surface area contributed by atoms with E-state index in [2.05, 4.69) is 46.3 Å². The molecule has 1 amide bonds. The van der Waals surface area contributed by atoms with Gasteiger partial charge in [0.05, 0.1) is 35.8 Å². The second kappa shape index (κ2) is 8.79. The predicted octanol–water partition coefficient (Wildman–Crippen LogP) is 4.23. The lowest BCUT2D eigenvalue weighted by molar-refractivity contribution is -0.118. The molecule has 0 saturated heterocycles. The summed E-state index contributed by atoms with van der Waals surface area (Å²) in [7, 11) is 0. The largest absolute Gasteiger partial charge is 0.463 e. The van der Waals surface area contributed by atoms with Crippen LogP contribution in [0.25, 0.3) is 11.0 Å². The number of furan rings is 1. The van der Waals surface area contributed by atoms with Crippen molar-refractivity contribution >= 4 is 34.9 Å². The minimum absolute atomic E-state index is 0.202. The number of thioether (sulfide) groups is 1. The lowest BCUT2D eigenvalue weighted by Gasteiger charge is -2.09. The van der Waals surface area contributed by atoms with E-state index >= 15 is 0 Å². The molecule has 0 atom stereocenters. The van der Waals surface area contributed by atoms with Crippen molar-refractivity contribution in [3.05, 3.63) is 83.8 Å². The molecule has 146 valence electrons. The predicted molar refractivity (Wildman–Crippen MR) is 115 cm³/mol. The van der Waals surface area contributed by atoms with Gasteiger partial charge in [0.1, 0.15) is 5.76 Å². The van der Waals surface area contributed by atoms with Crippen LogP contribution >= 0.6 is 11.8 Å². The Kier molecular flexibility index (Phi) is 5.76. The molecule has 0 aliphatic heterocycles. The molecule has 7 heteroatoms. The number of rotatable bonds is 7. The van der Waals surface area contributed by atoms with Gasteiger partial charge in [-0.3, -0.25) is 4.79 Å². The van der Waals surface area contributed by atoms with E-state index in [9.17, 15) is 4.79 Å². The molecular weight excluding hydrogens is 384 g/mol. The summed E-state index contributed by atoms with van der Waals surface area (Å²) in [6.07, 6.45) is 3.02. The van der Waals surface area contributed by atoms with Crippen LogP contribution in [0.4, 0.5) is 0 Å². The van der Waals surface area contributed by atoms with Crippen molar-refractivity contribution in [3.63, 3.8) is 0 Å². The number of carbonyl (C=O) groups is 1. The van der Waals surface area contributed by atoms with E-state index in [0.29, 0.717) is 12.3 Å². The fraction of sp³-hybridized carbons (Fsp3) is 0.136. The molecule has 0 aliphatic carbocycles. The van der Waals surface area contributed by atoms with Gasteiger partial charge in [-0.15, -0.1) is 0 Å². The third kappa shape index (κ3) is 4.75. The quantitative estimate of drug-likeness (QED) is 0.284.